The van der Waals surface area contributed by atoms with Crippen molar-refractivity contribution >= 4 is 17.5 Å². The van der Waals surface area contributed by atoms with Gasteiger partial charge in [0.25, 0.3) is 17.7 Å². The average Bonchev–Trinajstić information content (AvgIpc) is 2.89. The summed E-state index contributed by atoms with van der Waals surface area (Å²) in [6.07, 6.45) is 5.50. The van der Waals surface area contributed by atoms with Gasteiger partial charge in [0, 0.05) is 55.6 Å². The number of rotatable bonds is 6. The first-order valence-electron chi connectivity index (χ1n) is 11.1. The Hall–Kier alpha value is -4.53. The first-order chi connectivity index (χ1) is 17.2. The Morgan fingerprint density at radius 1 is 0.889 bits per heavy atom. The maximum absolute atomic E-state index is 13.6. The van der Waals surface area contributed by atoms with E-state index in [1.165, 1.54) is 13.2 Å². The molecule has 0 aliphatic rings. The molecule has 2 amide bonds. The molecular weight excluding hydrogens is 464 g/mol. The molecule has 0 unspecified atom stereocenters. The summed E-state index contributed by atoms with van der Waals surface area (Å²) in [6, 6.07) is 13.7. The molecule has 0 aliphatic carbocycles. The predicted octanol–water partition coefficient (Wildman–Crippen LogP) is 5.24. The second-order valence-corrected chi connectivity index (χ2v) is 8.27. The second-order valence-electron chi connectivity index (χ2n) is 8.27. The lowest BCUT2D eigenvalue weighted by molar-refractivity contribution is 0.0171. The fraction of sp³-hybridized carbons (Fsp3) is 0.148. The van der Waals surface area contributed by atoms with Gasteiger partial charge in [-0.2, -0.15) is 0 Å². The number of nitrogens with zero attached hydrogens (tertiary/aromatic N) is 3. The molecule has 0 aliphatic heterocycles. The van der Waals surface area contributed by atoms with E-state index in [2.05, 4.69) is 25.6 Å². The number of carbonyl (C=O) groups excluding carboxylic acids is 2. The molecular formula is C27H23F2N5O2. The summed E-state index contributed by atoms with van der Waals surface area (Å²) in [7, 11) is 1.54. The quantitative estimate of drug-likeness (QED) is 0.388. The number of aryl methyl sites for hydroxylation is 1. The third-order valence-corrected chi connectivity index (χ3v) is 5.59. The maximum atomic E-state index is 13.6. The van der Waals surface area contributed by atoms with Crippen molar-refractivity contribution in [2.45, 2.75) is 19.8 Å². The molecule has 1 aromatic carbocycles. The zero-order valence-corrected chi connectivity index (χ0v) is 19.8. The van der Waals surface area contributed by atoms with Crippen molar-refractivity contribution in [3.05, 3.63) is 95.7 Å². The Morgan fingerprint density at radius 2 is 1.64 bits per heavy atom. The summed E-state index contributed by atoms with van der Waals surface area (Å²) in [5.41, 5.74) is 4.52. The third kappa shape index (κ3) is 5.41. The Bertz CT molecular complexity index is 1450. The number of alkyl halides is 2. The SMILES string of the molecule is CNC(=O)c1cc(-c2cc(-c3cc(NC(=O)c4cncc(C(C)(F)F)c4)ccc3C)ccn2)ccn1. The van der Waals surface area contributed by atoms with Gasteiger partial charge in [-0.1, -0.05) is 6.07 Å². The highest BCUT2D eigenvalue weighted by molar-refractivity contribution is 6.04. The highest BCUT2D eigenvalue weighted by Gasteiger charge is 2.25. The minimum Gasteiger partial charge on any atom is -0.354 e. The first-order valence-corrected chi connectivity index (χ1v) is 11.1. The summed E-state index contributed by atoms with van der Waals surface area (Å²) in [5, 5.41) is 5.31. The summed E-state index contributed by atoms with van der Waals surface area (Å²) >= 11 is 0. The predicted molar refractivity (Wildman–Crippen MR) is 133 cm³/mol. The molecule has 4 aromatic rings. The molecule has 182 valence electrons. The summed E-state index contributed by atoms with van der Waals surface area (Å²) in [6.45, 7) is 2.69. The van der Waals surface area contributed by atoms with E-state index < -0.39 is 11.8 Å². The molecule has 0 radical (unpaired) electrons. The minimum absolute atomic E-state index is 0.0342. The molecule has 0 saturated heterocycles. The van der Waals surface area contributed by atoms with Crippen LogP contribution in [0.25, 0.3) is 22.4 Å². The van der Waals surface area contributed by atoms with Gasteiger partial charge in [-0.3, -0.25) is 24.5 Å². The number of aromatic nitrogens is 3. The van der Waals surface area contributed by atoms with Gasteiger partial charge in [-0.25, -0.2) is 8.78 Å². The zero-order valence-electron chi connectivity index (χ0n) is 19.8. The molecule has 3 aromatic heterocycles. The highest BCUT2D eigenvalue weighted by atomic mass is 19.3. The van der Waals surface area contributed by atoms with Crippen LogP contribution in [0.5, 0.6) is 0 Å². The van der Waals surface area contributed by atoms with E-state index in [1.54, 1.807) is 36.7 Å². The lowest BCUT2D eigenvalue weighted by Gasteiger charge is -2.13. The van der Waals surface area contributed by atoms with Crippen molar-refractivity contribution in [1.82, 2.24) is 20.3 Å². The van der Waals surface area contributed by atoms with Crippen molar-refractivity contribution in [3.8, 4) is 22.4 Å². The van der Waals surface area contributed by atoms with Gasteiger partial charge >= 0.3 is 0 Å². The maximum Gasteiger partial charge on any atom is 0.272 e. The number of nitrogens with one attached hydrogen (secondary N) is 2. The zero-order chi connectivity index (χ0) is 25.9. The van der Waals surface area contributed by atoms with Gasteiger partial charge < -0.3 is 10.6 Å². The molecule has 0 fully saturated rings. The first kappa shape index (κ1) is 24.6. The van der Waals surface area contributed by atoms with Crippen LogP contribution >= 0.6 is 0 Å². The highest BCUT2D eigenvalue weighted by Crippen LogP contribution is 2.30. The second kappa shape index (κ2) is 9.99. The van der Waals surface area contributed by atoms with Crippen molar-refractivity contribution in [1.29, 1.82) is 0 Å². The number of anilines is 1. The van der Waals surface area contributed by atoms with Crippen molar-refractivity contribution in [3.63, 3.8) is 0 Å². The molecule has 4 rings (SSSR count). The van der Waals surface area contributed by atoms with E-state index in [9.17, 15) is 18.4 Å². The average molecular weight is 488 g/mol. The largest absolute Gasteiger partial charge is 0.354 e. The summed E-state index contributed by atoms with van der Waals surface area (Å²) in [4.78, 5) is 37.0. The Morgan fingerprint density at radius 3 is 2.39 bits per heavy atom. The molecule has 9 heteroatoms. The molecule has 2 N–H and O–H groups in total. The van der Waals surface area contributed by atoms with Crippen LogP contribution in [-0.2, 0) is 5.92 Å². The Balaban J connectivity index is 1.63. The minimum atomic E-state index is -3.10. The molecule has 3 heterocycles. The number of hydrogen-bond donors (Lipinski definition) is 2. The van der Waals surface area contributed by atoms with Crippen molar-refractivity contribution < 1.29 is 18.4 Å². The van der Waals surface area contributed by atoms with Crippen molar-refractivity contribution in [2.24, 2.45) is 0 Å². The van der Waals surface area contributed by atoms with Crippen LogP contribution in [0.2, 0.25) is 0 Å². The molecule has 0 bridgehead atoms. The number of benzene rings is 1. The van der Waals surface area contributed by atoms with Crippen LogP contribution in [0.3, 0.4) is 0 Å². The molecule has 36 heavy (non-hydrogen) atoms. The molecule has 0 atom stereocenters. The van der Waals surface area contributed by atoms with Gasteiger partial charge in [0.1, 0.15) is 5.69 Å². The lowest BCUT2D eigenvalue weighted by atomic mass is 9.98. The number of hydrogen-bond acceptors (Lipinski definition) is 5. The number of pyridine rings is 3. The number of carbonyl (C=O) groups is 2. The van der Waals surface area contributed by atoms with E-state index in [-0.39, 0.29) is 22.7 Å². The van der Waals surface area contributed by atoms with Crippen LogP contribution in [0.1, 0.15) is 38.9 Å². The van der Waals surface area contributed by atoms with E-state index in [4.69, 9.17) is 0 Å². The number of amides is 2. The Kier molecular flexibility index (Phi) is 6.82. The van der Waals surface area contributed by atoms with Crippen molar-refractivity contribution in [2.75, 3.05) is 12.4 Å². The monoisotopic (exact) mass is 487 g/mol. The van der Waals surface area contributed by atoms with E-state index in [0.29, 0.717) is 11.4 Å². The fourth-order valence-corrected chi connectivity index (χ4v) is 3.62. The van der Waals surface area contributed by atoms with Gasteiger partial charge in [0.2, 0.25) is 0 Å². The van der Waals surface area contributed by atoms with Crippen LogP contribution in [0.4, 0.5) is 14.5 Å². The van der Waals surface area contributed by atoms with Crippen LogP contribution < -0.4 is 10.6 Å². The summed E-state index contributed by atoms with van der Waals surface area (Å²) < 4.78 is 27.3. The summed E-state index contributed by atoms with van der Waals surface area (Å²) in [5.74, 6) is -3.94. The lowest BCUT2D eigenvalue weighted by Crippen LogP contribution is -2.19. The normalized spacial score (nSPS) is 11.1. The Labute approximate surface area is 206 Å². The third-order valence-electron chi connectivity index (χ3n) is 5.59. The van der Waals surface area contributed by atoms with E-state index in [0.717, 1.165) is 41.4 Å². The topological polar surface area (TPSA) is 96.9 Å². The molecule has 0 spiro atoms. The number of halogens is 2. The smallest absolute Gasteiger partial charge is 0.272 e. The standard InChI is InChI=1S/C27H23F2N5O2/c1-16-4-5-21(34-25(35)19-10-20(15-31-14-19)27(2,28)29)13-22(16)17-6-8-32-23(11-17)18-7-9-33-24(12-18)26(36)30-3/h4-15H,1-3H3,(H,30,36)(H,34,35). The van der Waals surface area contributed by atoms with Gasteiger partial charge in [0.15, 0.2) is 0 Å². The molecule has 7 nitrogen and oxygen atoms in total. The van der Waals surface area contributed by atoms with E-state index in [1.807, 2.05) is 25.1 Å². The molecule has 0 saturated carbocycles. The fourth-order valence-electron chi connectivity index (χ4n) is 3.62. The van der Waals surface area contributed by atoms with Gasteiger partial charge in [0.05, 0.1) is 11.3 Å². The van der Waals surface area contributed by atoms with E-state index >= 15 is 0 Å². The van der Waals surface area contributed by atoms with Crippen LogP contribution in [0, 0.1) is 6.92 Å². The van der Waals surface area contributed by atoms with Crippen LogP contribution in [-0.4, -0.2) is 33.8 Å². The van der Waals surface area contributed by atoms with Gasteiger partial charge in [-0.15, -0.1) is 0 Å². The van der Waals surface area contributed by atoms with Gasteiger partial charge in [-0.05, 0) is 66.1 Å². The van der Waals surface area contributed by atoms with Crippen LogP contribution in [0.15, 0.2) is 73.3 Å².